The van der Waals surface area contributed by atoms with Gasteiger partial charge in [0.25, 0.3) is 0 Å². The molecule has 0 aliphatic carbocycles. The molecule has 8 heteroatoms. The number of fused-ring (bicyclic) bond motifs is 1. The largest absolute Gasteiger partial charge is 0.497 e. The van der Waals surface area contributed by atoms with Gasteiger partial charge in [-0.1, -0.05) is 30.3 Å². The van der Waals surface area contributed by atoms with E-state index in [0.29, 0.717) is 25.3 Å². The second-order valence-electron chi connectivity index (χ2n) is 7.38. The number of sulfonamides is 1. The molecule has 2 atom stereocenters. The van der Waals surface area contributed by atoms with Crippen LogP contribution >= 0.6 is 0 Å². The van der Waals surface area contributed by atoms with Gasteiger partial charge >= 0.3 is 0 Å². The fourth-order valence-electron chi connectivity index (χ4n) is 4.04. The molecule has 0 saturated carbocycles. The third-order valence-electron chi connectivity index (χ3n) is 5.58. The Bertz CT molecular complexity index is 1030. The van der Waals surface area contributed by atoms with E-state index >= 15 is 0 Å². The molecule has 1 saturated heterocycles. The summed E-state index contributed by atoms with van der Waals surface area (Å²) in [5.74, 6) is 0.0451. The minimum atomic E-state index is -4.03. The normalized spacial score (nSPS) is 22.3. The molecule has 6 nitrogen and oxygen atoms in total. The molecule has 0 spiro atoms. The monoisotopic (exact) mass is 418 g/mol. The highest BCUT2D eigenvalue weighted by Crippen LogP contribution is 2.31. The topological polar surface area (TPSA) is 66.9 Å². The van der Waals surface area contributed by atoms with Crippen LogP contribution in [0.15, 0.2) is 53.4 Å². The molecule has 2 aliphatic rings. The Kier molecular flexibility index (Phi) is 5.31. The number of rotatable bonds is 4. The van der Waals surface area contributed by atoms with E-state index in [4.69, 9.17) is 4.74 Å². The summed E-state index contributed by atoms with van der Waals surface area (Å²) in [5.41, 5.74) is 2.23. The van der Waals surface area contributed by atoms with Crippen LogP contribution in [0.2, 0.25) is 0 Å². The maximum atomic E-state index is 14.3. The molecule has 2 aromatic carbocycles. The number of hydrogen-bond donors (Lipinski definition) is 0. The molecule has 0 N–H and O–H groups in total. The lowest BCUT2D eigenvalue weighted by molar-refractivity contribution is -0.135. The summed E-state index contributed by atoms with van der Waals surface area (Å²) < 4.78 is 46.7. The summed E-state index contributed by atoms with van der Waals surface area (Å²) in [7, 11) is -2.59. The highest BCUT2D eigenvalue weighted by molar-refractivity contribution is 7.89. The number of halogens is 1. The first-order chi connectivity index (χ1) is 13.9. The minimum absolute atomic E-state index is 0.00672. The minimum Gasteiger partial charge on any atom is -0.497 e. The third kappa shape index (κ3) is 3.74. The third-order valence-corrected chi connectivity index (χ3v) is 7.45. The fourth-order valence-corrected chi connectivity index (χ4v) is 5.69. The second kappa shape index (κ2) is 7.76. The van der Waals surface area contributed by atoms with Gasteiger partial charge in [0, 0.05) is 32.1 Å². The summed E-state index contributed by atoms with van der Waals surface area (Å²) >= 11 is 0. The first-order valence-corrected chi connectivity index (χ1v) is 11.0. The Morgan fingerprint density at radius 3 is 2.66 bits per heavy atom. The van der Waals surface area contributed by atoms with Gasteiger partial charge in [-0.25, -0.2) is 12.8 Å². The molecular weight excluding hydrogens is 395 g/mol. The quantitative estimate of drug-likeness (QED) is 0.765. The lowest BCUT2D eigenvalue weighted by atomic mass is 9.99. The highest BCUT2D eigenvalue weighted by Gasteiger charge is 2.45. The van der Waals surface area contributed by atoms with Crippen molar-refractivity contribution >= 4 is 15.9 Å². The average Bonchev–Trinajstić information content (AvgIpc) is 3.15. The molecule has 2 heterocycles. The zero-order chi connectivity index (χ0) is 20.6. The van der Waals surface area contributed by atoms with Gasteiger partial charge < -0.3 is 9.64 Å². The van der Waals surface area contributed by atoms with Crippen molar-refractivity contribution in [2.75, 3.05) is 20.2 Å². The van der Waals surface area contributed by atoms with Gasteiger partial charge in [0.1, 0.15) is 18.0 Å². The molecule has 2 aromatic rings. The summed E-state index contributed by atoms with van der Waals surface area (Å²) in [5, 5.41) is 0. The smallest absolute Gasteiger partial charge is 0.244 e. The Balaban J connectivity index is 1.60. The molecule has 0 bridgehead atoms. The number of methoxy groups -OCH3 is 1. The molecule has 29 heavy (non-hydrogen) atoms. The zero-order valence-electron chi connectivity index (χ0n) is 16.1. The predicted octanol–water partition coefficient (Wildman–Crippen LogP) is 2.38. The second-order valence-corrected chi connectivity index (χ2v) is 9.27. The first-order valence-electron chi connectivity index (χ1n) is 9.55. The number of alkyl halides is 1. The van der Waals surface area contributed by atoms with Crippen LogP contribution < -0.4 is 4.74 Å². The fraction of sp³-hybridized carbons (Fsp3) is 0.381. The van der Waals surface area contributed by atoms with Crippen molar-refractivity contribution < 1.29 is 22.3 Å². The highest BCUT2D eigenvalue weighted by atomic mass is 32.2. The van der Waals surface area contributed by atoms with E-state index in [1.807, 2.05) is 24.3 Å². The van der Waals surface area contributed by atoms with Crippen LogP contribution in [0.4, 0.5) is 4.39 Å². The van der Waals surface area contributed by atoms with Gasteiger partial charge in [-0.2, -0.15) is 4.31 Å². The van der Waals surface area contributed by atoms with Crippen LogP contribution in [0.3, 0.4) is 0 Å². The molecule has 1 amide bonds. The number of amides is 1. The van der Waals surface area contributed by atoms with E-state index in [1.54, 1.807) is 17.0 Å². The SMILES string of the molecule is COc1cccc(S(=O)(=O)N2C[C@@H](F)C[C@H]2C(=O)N2CCc3ccccc3C2)c1. The predicted molar refractivity (Wildman–Crippen MR) is 106 cm³/mol. The van der Waals surface area contributed by atoms with E-state index in [0.717, 1.165) is 9.87 Å². The van der Waals surface area contributed by atoms with Crippen LogP contribution in [0.1, 0.15) is 17.5 Å². The van der Waals surface area contributed by atoms with Crippen LogP contribution in [0.5, 0.6) is 5.75 Å². The molecule has 0 aromatic heterocycles. The lowest BCUT2D eigenvalue weighted by Crippen LogP contribution is -2.49. The number of carbonyl (C=O) groups excluding carboxylic acids is 1. The van der Waals surface area contributed by atoms with Gasteiger partial charge in [0.05, 0.1) is 12.0 Å². The van der Waals surface area contributed by atoms with E-state index < -0.39 is 22.2 Å². The van der Waals surface area contributed by atoms with E-state index in [1.165, 1.54) is 24.8 Å². The van der Waals surface area contributed by atoms with Gasteiger partial charge in [-0.05, 0) is 29.7 Å². The molecule has 4 rings (SSSR count). The Morgan fingerprint density at radius 2 is 1.90 bits per heavy atom. The van der Waals surface area contributed by atoms with Crippen molar-refractivity contribution in [3.8, 4) is 5.75 Å². The van der Waals surface area contributed by atoms with E-state index in [9.17, 15) is 17.6 Å². The van der Waals surface area contributed by atoms with Crippen molar-refractivity contribution in [3.05, 3.63) is 59.7 Å². The molecule has 1 fully saturated rings. The maximum Gasteiger partial charge on any atom is 0.244 e. The number of carbonyl (C=O) groups is 1. The number of benzene rings is 2. The molecular formula is C21H23FN2O4S. The molecule has 0 radical (unpaired) electrons. The Labute approximate surface area is 169 Å². The maximum absolute atomic E-state index is 14.3. The van der Waals surface area contributed by atoms with Gasteiger partial charge in [0.15, 0.2) is 0 Å². The van der Waals surface area contributed by atoms with Crippen molar-refractivity contribution in [2.45, 2.75) is 36.5 Å². The Morgan fingerprint density at radius 1 is 1.14 bits per heavy atom. The van der Waals surface area contributed by atoms with Crippen molar-refractivity contribution in [3.63, 3.8) is 0 Å². The van der Waals surface area contributed by atoms with Crippen molar-refractivity contribution in [1.82, 2.24) is 9.21 Å². The zero-order valence-corrected chi connectivity index (χ0v) is 16.9. The number of hydrogen-bond acceptors (Lipinski definition) is 4. The van der Waals surface area contributed by atoms with Crippen LogP contribution in [0.25, 0.3) is 0 Å². The van der Waals surface area contributed by atoms with Crippen molar-refractivity contribution in [2.24, 2.45) is 0 Å². The van der Waals surface area contributed by atoms with Crippen LogP contribution in [-0.4, -0.2) is 55.9 Å². The van der Waals surface area contributed by atoms with Gasteiger partial charge in [-0.3, -0.25) is 4.79 Å². The summed E-state index contributed by atoms with van der Waals surface area (Å²) in [6, 6.07) is 12.9. The average molecular weight is 418 g/mol. The standard InChI is InChI=1S/C21H23FN2O4S/c1-28-18-7-4-8-19(12-18)29(26,27)24-14-17(22)11-20(24)21(25)23-10-9-15-5-2-3-6-16(15)13-23/h2-8,12,17,20H,9-11,13-14H2,1H3/t17-,20-/m0/s1. The summed E-state index contributed by atoms with van der Waals surface area (Å²) in [4.78, 5) is 14.8. The molecule has 0 unspecified atom stereocenters. The first kappa shape index (κ1) is 19.8. The van der Waals surface area contributed by atoms with Gasteiger partial charge in [0.2, 0.25) is 15.9 Å². The van der Waals surface area contributed by atoms with E-state index in [-0.39, 0.29) is 23.8 Å². The molecule has 154 valence electrons. The number of ether oxygens (including phenoxy) is 1. The lowest BCUT2D eigenvalue weighted by Gasteiger charge is -2.33. The van der Waals surface area contributed by atoms with Crippen LogP contribution in [0, 0.1) is 0 Å². The van der Waals surface area contributed by atoms with Crippen LogP contribution in [-0.2, 0) is 27.8 Å². The van der Waals surface area contributed by atoms with E-state index in [2.05, 4.69) is 0 Å². The molecule has 2 aliphatic heterocycles. The summed E-state index contributed by atoms with van der Waals surface area (Å²) in [6.07, 6.45) is -0.794. The summed E-state index contributed by atoms with van der Waals surface area (Å²) in [6.45, 7) is 0.590. The van der Waals surface area contributed by atoms with Gasteiger partial charge in [-0.15, -0.1) is 0 Å². The number of nitrogens with zero attached hydrogens (tertiary/aromatic N) is 2. The van der Waals surface area contributed by atoms with Crippen molar-refractivity contribution in [1.29, 1.82) is 0 Å². The Hall–Kier alpha value is -2.45.